The third kappa shape index (κ3) is 3.42. The van der Waals surface area contributed by atoms with Crippen molar-refractivity contribution in [2.45, 2.75) is 51.1 Å². The van der Waals surface area contributed by atoms with Crippen molar-refractivity contribution in [3.05, 3.63) is 0 Å². The fourth-order valence-corrected chi connectivity index (χ4v) is 2.75. The number of hydrogen-bond acceptors (Lipinski definition) is 3. The molecule has 2 atom stereocenters. The Kier molecular flexibility index (Phi) is 3.73. The van der Waals surface area contributed by atoms with Crippen molar-refractivity contribution in [3.63, 3.8) is 0 Å². The third-order valence-electron chi connectivity index (χ3n) is 3.92. The maximum absolute atomic E-state index is 11.7. The highest BCUT2D eigenvalue weighted by molar-refractivity contribution is 5.84. The van der Waals surface area contributed by atoms with Crippen LogP contribution in [0.2, 0.25) is 0 Å². The van der Waals surface area contributed by atoms with Gasteiger partial charge in [0, 0.05) is 19.1 Å². The van der Waals surface area contributed by atoms with Gasteiger partial charge < -0.3 is 10.6 Å². The van der Waals surface area contributed by atoms with E-state index in [-0.39, 0.29) is 5.91 Å². The highest BCUT2D eigenvalue weighted by atomic mass is 16.1. The van der Waals surface area contributed by atoms with Crippen molar-refractivity contribution in [1.29, 1.82) is 0 Å². The van der Waals surface area contributed by atoms with Crippen LogP contribution in [0.5, 0.6) is 0 Å². The predicted molar refractivity (Wildman–Crippen MR) is 68.6 cm³/mol. The van der Waals surface area contributed by atoms with Crippen LogP contribution in [0.1, 0.15) is 39.5 Å². The Balaban J connectivity index is 1.93. The predicted octanol–water partition coefficient (Wildman–Crippen LogP) is 0.714. The molecule has 1 aliphatic carbocycles. The number of piperidine rings is 1. The van der Waals surface area contributed by atoms with E-state index < -0.39 is 5.54 Å². The second kappa shape index (κ2) is 4.94. The van der Waals surface area contributed by atoms with E-state index in [0.717, 1.165) is 25.6 Å². The number of nitrogens with zero attached hydrogens (tertiary/aromatic N) is 1. The summed E-state index contributed by atoms with van der Waals surface area (Å²) >= 11 is 0. The van der Waals surface area contributed by atoms with Crippen LogP contribution in [0.15, 0.2) is 0 Å². The van der Waals surface area contributed by atoms with Gasteiger partial charge in [0.25, 0.3) is 0 Å². The first-order valence-corrected chi connectivity index (χ1v) is 6.79. The zero-order chi connectivity index (χ0) is 12.5. The van der Waals surface area contributed by atoms with Crippen LogP contribution in [-0.2, 0) is 4.79 Å². The summed E-state index contributed by atoms with van der Waals surface area (Å²) in [7, 11) is 0. The molecule has 0 radical (unpaired) electrons. The fraction of sp³-hybridized carbons (Fsp3) is 0.923. The SMILES string of the molecule is CC1CCCN(CC(C)(NC2CC2)C(N)=O)C1. The Morgan fingerprint density at radius 2 is 2.18 bits per heavy atom. The summed E-state index contributed by atoms with van der Waals surface area (Å²) in [5.41, 5.74) is 5.01. The van der Waals surface area contributed by atoms with Gasteiger partial charge in [-0.15, -0.1) is 0 Å². The second-order valence-corrected chi connectivity index (χ2v) is 6.10. The fourth-order valence-electron chi connectivity index (χ4n) is 2.75. The van der Waals surface area contributed by atoms with Crippen LogP contribution in [-0.4, -0.2) is 42.0 Å². The molecule has 2 fully saturated rings. The Bertz CT molecular complexity index is 290. The minimum atomic E-state index is -0.557. The minimum absolute atomic E-state index is 0.220. The van der Waals surface area contributed by atoms with Gasteiger partial charge in [0.05, 0.1) is 0 Å². The molecule has 0 bridgehead atoms. The number of hydrogen-bond donors (Lipinski definition) is 2. The van der Waals surface area contributed by atoms with Crippen LogP contribution in [0.25, 0.3) is 0 Å². The molecule has 1 saturated heterocycles. The summed E-state index contributed by atoms with van der Waals surface area (Å²) in [6, 6.07) is 0.509. The zero-order valence-electron chi connectivity index (χ0n) is 11.0. The molecule has 1 heterocycles. The van der Waals surface area contributed by atoms with Gasteiger partial charge in [-0.3, -0.25) is 10.1 Å². The van der Waals surface area contributed by atoms with Gasteiger partial charge in [0.1, 0.15) is 5.54 Å². The highest BCUT2D eigenvalue weighted by Gasteiger charge is 2.38. The maximum atomic E-state index is 11.7. The molecule has 0 aromatic heterocycles. The van der Waals surface area contributed by atoms with E-state index in [9.17, 15) is 4.79 Å². The van der Waals surface area contributed by atoms with E-state index >= 15 is 0 Å². The Labute approximate surface area is 104 Å². The summed E-state index contributed by atoms with van der Waals surface area (Å²) < 4.78 is 0. The summed E-state index contributed by atoms with van der Waals surface area (Å²) in [4.78, 5) is 14.1. The lowest BCUT2D eigenvalue weighted by Gasteiger charge is -2.38. The molecular weight excluding hydrogens is 214 g/mol. The van der Waals surface area contributed by atoms with Gasteiger partial charge in [-0.2, -0.15) is 0 Å². The molecule has 4 nitrogen and oxygen atoms in total. The number of nitrogens with one attached hydrogen (secondary N) is 1. The number of nitrogens with two attached hydrogens (primary N) is 1. The number of carbonyl (C=O) groups excluding carboxylic acids is 1. The van der Waals surface area contributed by atoms with Crippen molar-refractivity contribution in [2.24, 2.45) is 11.7 Å². The molecule has 0 spiro atoms. The summed E-state index contributed by atoms with van der Waals surface area (Å²) in [5, 5.41) is 3.41. The van der Waals surface area contributed by atoms with Gasteiger partial charge in [-0.1, -0.05) is 6.92 Å². The molecule has 2 aliphatic rings. The van der Waals surface area contributed by atoms with Gasteiger partial charge >= 0.3 is 0 Å². The Morgan fingerprint density at radius 1 is 1.47 bits per heavy atom. The van der Waals surface area contributed by atoms with E-state index in [4.69, 9.17) is 5.73 Å². The molecular formula is C13H25N3O. The minimum Gasteiger partial charge on any atom is -0.368 e. The van der Waals surface area contributed by atoms with Crippen molar-refractivity contribution in [3.8, 4) is 0 Å². The monoisotopic (exact) mass is 239 g/mol. The smallest absolute Gasteiger partial charge is 0.238 e. The quantitative estimate of drug-likeness (QED) is 0.743. The van der Waals surface area contributed by atoms with Gasteiger partial charge in [-0.25, -0.2) is 0 Å². The topological polar surface area (TPSA) is 58.4 Å². The first kappa shape index (κ1) is 12.8. The molecule has 0 aromatic carbocycles. The van der Waals surface area contributed by atoms with E-state index in [1.54, 1.807) is 0 Å². The third-order valence-corrected chi connectivity index (χ3v) is 3.92. The van der Waals surface area contributed by atoms with E-state index in [1.165, 1.54) is 25.7 Å². The van der Waals surface area contributed by atoms with Crippen molar-refractivity contribution >= 4 is 5.91 Å². The van der Waals surface area contributed by atoms with Crippen LogP contribution < -0.4 is 11.1 Å². The average Bonchev–Trinajstić information content (AvgIpc) is 3.01. The van der Waals surface area contributed by atoms with Crippen LogP contribution in [0, 0.1) is 5.92 Å². The molecule has 17 heavy (non-hydrogen) atoms. The summed E-state index contributed by atoms with van der Waals surface area (Å²) in [6.45, 7) is 7.17. The summed E-state index contributed by atoms with van der Waals surface area (Å²) in [6.07, 6.45) is 4.90. The number of amides is 1. The molecule has 3 N–H and O–H groups in total. The lowest BCUT2D eigenvalue weighted by atomic mass is 9.95. The summed E-state index contributed by atoms with van der Waals surface area (Å²) in [5.74, 6) is 0.518. The van der Waals surface area contributed by atoms with Gasteiger partial charge in [0.2, 0.25) is 5.91 Å². The number of rotatable bonds is 5. The number of primary amides is 1. The lowest BCUT2D eigenvalue weighted by molar-refractivity contribution is -0.124. The maximum Gasteiger partial charge on any atom is 0.238 e. The molecule has 1 saturated carbocycles. The highest BCUT2D eigenvalue weighted by Crippen LogP contribution is 2.24. The molecule has 0 aromatic rings. The Hall–Kier alpha value is -0.610. The first-order chi connectivity index (χ1) is 7.99. The normalized spacial score (nSPS) is 29.9. The largest absolute Gasteiger partial charge is 0.368 e. The second-order valence-electron chi connectivity index (χ2n) is 6.10. The lowest BCUT2D eigenvalue weighted by Crippen LogP contribution is -2.61. The molecule has 98 valence electrons. The molecule has 2 rings (SSSR count). The molecule has 1 amide bonds. The van der Waals surface area contributed by atoms with Crippen LogP contribution in [0.4, 0.5) is 0 Å². The number of carbonyl (C=O) groups is 1. The first-order valence-electron chi connectivity index (χ1n) is 6.79. The van der Waals surface area contributed by atoms with Gasteiger partial charge in [-0.05, 0) is 45.1 Å². The number of likely N-dealkylation sites (tertiary alicyclic amines) is 1. The molecule has 1 aliphatic heterocycles. The molecule has 2 unspecified atom stereocenters. The van der Waals surface area contributed by atoms with E-state index in [0.29, 0.717) is 6.04 Å². The van der Waals surface area contributed by atoms with Crippen LogP contribution in [0.3, 0.4) is 0 Å². The van der Waals surface area contributed by atoms with Crippen LogP contribution >= 0.6 is 0 Å². The van der Waals surface area contributed by atoms with Crippen molar-refractivity contribution in [2.75, 3.05) is 19.6 Å². The standard InChI is InChI=1S/C13H25N3O/c1-10-4-3-7-16(8-10)9-13(2,12(14)17)15-11-5-6-11/h10-11,15H,3-9H2,1-2H3,(H2,14,17). The van der Waals surface area contributed by atoms with Gasteiger partial charge in [0.15, 0.2) is 0 Å². The zero-order valence-corrected chi connectivity index (χ0v) is 11.0. The van der Waals surface area contributed by atoms with Crippen molar-refractivity contribution < 1.29 is 4.79 Å². The van der Waals surface area contributed by atoms with E-state index in [1.807, 2.05) is 6.92 Å². The average molecular weight is 239 g/mol. The molecule has 4 heteroatoms. The Morgan fingerprint density at radius 3 is 2.71 bits per heavy atom. The van der Waals surface area contributed by atoms with E-state index in [2.05, 4.69) is 17.1 Å². The van der Waals surface area contributed by atoms with Crippen molar-refractivity contribution in [1.82, 2.24) is 10.2 Å².